The van der Waals surface area contributed by atoms with Crippen molar-refractivity contribution in [3.63, 3.8) is 0 Å². The topological polar surface area (TPSA) is 59.5 Å². The van der Waals surface area contributed by atoms with Crippen molar-refractivity contribution in [2.45, 2.75) is 25.6 Å². The van der Waals surface area contributed by atoms with E-state index in [4.69, 9.17) is 21.1 Å². The molecule has 0 atom stereocenters. The number of anilines is 3. The third kappa shape index (κ3) is 3.56. The summed E-state index contributed by atoms with van der Waals surface area (Å²) in [5.74, 6) is 1.11. The van der Waals surface area contributed by atoms with Gasteiger partial charge in [0.25, 0.3) is 0 Å². The van der Waals surface area contributed by atoms with Gasteiger partial charge in [0.15, 0.2) is 5.79 Å². The van der Waals surface area contributed by atoms with E-state index >= 15 is 0 Å². The molecule has 132 valence electrons. The Labute approximate surface area is 152 Å². The summed E-state index contributed by atoms with van der Waals surface area (Å²) in [6, 6.07) is 7.62. The first-order valence-corrected chi connectivity index (χ1v) is 8.90. The molecule has 2 saturated heterocycles. The molecule has 0 radical (unpaired) electrons. The highest BCUT2D eigenvalue weighted by Crippen LogP contribution is 2.32. The van der Waals surface area contributed by atoms with Crippen LogP contribution in [0.25, 0.3) is 0 Å². The summed E-state index contributed by atoms with van der Waals surface area (Å²) >= 11 is 6.02. The molecule has 25 heavy (non-hydrogen) atoms. The maximum atomic E-state index is 6.02. The number of hydrogen-bond acceptors (Lipinski definition) is 6. The largest absolute Gasteiger partial charge is 0.347 e. The van der Waals surface area contributed by atoms with Crippen molar-refractivity contribution in [2.24, 2.45) is 0 Å². The molecule has 7 heteroatoms. The molecule has 2 fully saturated rings. The Morgan fingerprint density at radius 2 is 1.92 bits per heavy atom. The summed E-state index contributed by atoms with van der Waals surface area (Å²) in [6.07, 6.45) is 3.46. The lowest BCUT2D eigenvalue weighted by Crippen LogP contribution is -2.45. The van der Waals surface area contributed by atoms with Gasteiger partial charge in [-0.05, 0) is 36.8 Å². The number of nitrogens with one attached hydrogen (secondary N) is 1. The van der Waals surface area contributed by atoms with Crippen LogP contribution in [0.3, 0.4) is 0 Å². The molecule has 1 aromatic carbocycles. The quantitative estimate of drug-likeness (QED) is 0.903. The number of nitrogens with zero attached hydrogens (tertiary/aromatic N) is 3. The van der Waals surface area contributed by atoms with Crippen molar-refractivity contribution in [3.8, 4) is 0 Å². The van der Waals surface area contributed by atoms with Crippen LogP contribution in [0, 0.1) is 6.92 Å². The standard InChI is InChI=1S/C18H21ClN4O2/c1-13-12-14(19)2-3-15(13)21-16-4-7-20-17(22-16)23-8-5-18(6-9-23)24-10-11-25-18/h2-4,7,12H,5-6,8-11H2,1H3,(H,20,21,22). The molecule has 1 spiro atoms. The second-order valence-electron chi connectivity index (χ2n) is 6.42. The Kier molecular flexibility index (Phi) is 4.50. The first kappa shape index (κ1) is 16.6. The van der Waals surface area contributed by atoms with Gasteiger partial charge in [0, 0.05) is 42.8 Å². The van der Waals surface area contributed by atoms with Gasteiger partial charge < -0.3 is 19.7 Å². The molecular formula is C18H21ClN4O2. The third-order valence-corrected chi connectivity index (χ3v) is 4.95. The maximum absolute atomic E-state index is 6.02. The average Bonchev–Trinajstić information content (AvgIpc) is 3.06. The molecule has 0 unspecified atom stereocenters. The van der Waals surface area contributed by atoms with Crippen molar-refractivity contribution in [2.75, 3.05) is 36.5 Å². The highest BCUT2D eigenvalue weighted by Gasteiger charge is 2.40. The van der Waals surface area contributed by atoms with Crippen LogP contribution >= 0.6 is 11.6 Å². The molecular weight excluding hydrogens is 340 g/mol. The Balaban J connectivity index is 1.46. The molecule has 3 heterocycles. The van der Waals surface area contributed by atoms with Crippen LogP contribution in [-0.2, 0) is 9.47 Å². The van der Waals surface area contributed by atoms with E-state index < -0.39 is 0 Å². The number of aromatic nitrogens is 2. The molecule has 0 aliphatic carbocycles. The molecule has 1 N–H and O–H groups in total. The van der Waals surface area contributed by atoms with E-state index in [-0.39, 0.29) is 5.79 Å². The SMILES string of the molecule is Cc1cc(Cl)ccc1Nc1ccnc(N2CCC3(CC2)OCCO3)n1. The normalized spacial score (nSPS) is 19.4. The second kappa shape index (κ2) is 6.78. The third-order valence-electron chi connectivity index (χ3n) is 4.72. The number of halogens is 1. The highest BCUT2D eigenvalue weighted by molar-refractivity contribution is 6.30. The van der Waals surface area contributed by atoms with Gasteiger partial charge in [0.05, 0.1) is 13.2 Å². The minimum absolute atomic E-state index is 0.382. The first-order chi connectivity index (χ1) is 12.1. The fourth-order valence-electron chi connectivity index (χ4n) is 3.31. The number of piperidine rings is 1. The first-order valence-electron chi connectivity index (χ1n) is 8.53. The van der Waals surface area contributed by atoms with Crippen LogP contribution in [0.15, 0.2) is 30.5 Å². The molecule has 4 rings (SSSR count). The zero-order valence-electron chi connectivity index (χ0n) is 14.2. The lowest BCUT2D eigenvalue weighted by Gasteiger charge is -2.37. The van der Waals surface area contributed by atoms with E-state index in [2.05, 4.69) is 20.2 Å². The van der Waals surface area contributed by atoms with E-state index in [1.165, 1.54) is 0 Å². The van der Waals surface area contributed by atoms with Crippen LogP contribution in [-0.4, -0.2) is 42.1 Å². The van der Waals surface area contributed by atoms with E-state index in [9.17, 15) is 0 Å². The molecule has 6 nitrogen and oxygen atoms in total. The maximum Gasteiger partial charge on any atom is 0.227 e. The van der Waals surface area contributed by atoms with Gasteiger partial charge in [0.2, 0.25) is 5.95 Å². The molecule has 2 aliphatic heterocycles. The van der Waals surface area contributed by atoms with Crippen molar-refractivity contribution in [1.29, 1.82) is 0 Å². The Bertz CT molecular complexity index is 754. The Morgan fingerprint density at radius 1 is 1.16 bits per heavy atom. The highest BCUT2D eigenvalue weighted by atomic mass is 35.5. The number of ether oxygens (including phenoxy) is 2. The fraction of sp³-hybridized carbons (Fsp3) is 0.444. The summed E-state index contributed by atoms with van der Waals surface area (Å²) in [5.41, 5.74) is 2.06. The van der Waals surface area contributed by atoms with Gasteiger partial charge in [0.1, 0.15) is 5.82 Å². The summed E-state index contributed by atoms with van der Waals surface area (Å²) in [5, 5.41) is 4.07. The van der Waals surface area contributed by atoms with E-state index in [1.54, 1.807) is 6.20 Å². The zero-order valence-corrected chi connectivity index (χ0v) is 14.9. The summed E-state index contributed by atoms with van der Waals surface area (Å²) < 4.78 is 11.6. The van der Waals surface area contributed by atoms with Gasteiger partial charge in [-0.1, -0.05) is 11.6 Å². The predicted octanol–water partition coefficient (Wildman–Crippen LogP) is 3.53. The van der Waals surface area contributed by atoms with Gasteiger partial charge in [-0.25, -0.2) is 4.98 Å². The van der Waals surface area contributed by atoms with Crippen molar-refractivity contribution in [1.82, 2.24) is 9.97 Å². The number of rotatable bonds is 3. The van der Waals surface area contributed by atoms with E-state index in [0.717, 1.165) is 54.0 Å². The van der Waals surface area contributed by atoms with Gasteiger partial charge >= 0.3 is 0 Å². The van der Waals surface area contributed by atoms with Gasteiger partial charge in [-0.15, -0.1) is 0 Å². The smallest absolute Gasteiger partial charge is 0.227 e. The number of benzene rings is 1. The molecule has 0 saturated carbocycles. The summed E-state index contributed by atoms with van der Waals surface area (Å²) in [6.45, 7) is 5.04. The lowest BCUT2D eigenvalue weighted by atomic mass is 10.0. The fourth-order valence-corrected chi connectivity index (χ4v) is 3.54. The Morgan fingerprint density at radius 3 is 2.64 bits per heavy atom. The van der Waals surface area contributed by atoms with Crippen LogP contribution in [0.4, 0.5) is 17.5 Å². The summed E-state index contributed by atoms with van der Waals surface area (Å²) in [4.78, 5) is 11.3. The van der Waals surface area contributed by atoms with Crippen LogP contribution in [0.2, 0.25) is 5.02 Å². The average molecular weight is 361 g/mol. The number of aryl methyl sites for hydroxylation is 1. The minimum Gasteiger partial charge on any atom is -0.347 e. The van der Waals surface area contributed by atoms with Crippen molar-refractivity contribution in [3.05, 3.63) is 41.0 Å². The number of hydrogen-bond donors (Lipinski definition) is 1. The van der Waals surface area contributed by atoms with Gasteiger partial charge in [-0.3, -0.25) is 0 Å². The second-order valence-corrected chi connectivity index (χ2v) is 6.86. The van der Waals surface area contributed by atoms with Crippen LogP contribution < -0.4 is 10.2 Å². The van der Waals surface area contributed by atoms with Gasteiger partial charge in [-0.2, -0.15) is 4.98 Å². The molecule has 2 aliphatic rings. The van der Waals surface area contributed by atoms with E-state index in [0.29, 0.717) is 13.2 Å². The lowest BCUT2D eigenvalue weighted by molar-refractivity contribution is -0.169. The minimum atomic E-state index is -0.382. The monoisotopic (exact) mass is 360 g/mol. The summed E-state index contributed by atoms with van der Waals surface area (Å²) in [7, 11) is 0. The molecule has 2 aromatic rings. The predicted molar refractivity (Wildman–Crippen MR) is 97.6 cm³/mol. The van der Waals surface area contributed by atoms with Crippen molar-refractivity contribution >= 4 is 29.1 Å². The van der Waals surface area contributed by atoms with Crippen LogP contribution in [0.5, 0.6) is 0 Å². The molecule has 1 aromatic heterocycles. The molecule has 0 bridgehead atoms. The van der Waals surface area contributed by atoms with E-state index in [1.807, 2.05) is 31.2 Å². The van der Waals surface area contributed by atoms with Crippen LogP contribution in [0.1, 0.15) is 18.4 Å². The zero-order chi connectivity index (χ0) is 17.3. The molecule has 0 amide bonds. The Hall–Kier alpha value is -1.89. The van der Waals surface area contributed by atoms with Crippen molar-refractivity contribution < 1.29 is 9.47 Å².